The summed E-state index contributed by atoms with van der Waals surface area (Å²) in [7, 11) is 0. The molecule has 2 aromatic carbocycles. The minimum atomic E-state index is -0.798. The first-order valence-corrected chi connectivity index (χ1v) is 7.91. The molecule has 0 saturated carbocycles. The Hall–Kier alpha value is -2.82. The number of hydrogen-bond donors (Lipinski definition) is 2. The van der Waals surface area contributed by atoms with Crippen LogP contribution in [0.5, 0.6) is 5.75 Å². The molecule has 124 valence electrons. The van der Waals surface area contributed by atoms with Crippen molar-refractivity contribution in [3.63, 3.8) is 0 Å². The summed E-state index contributed by atoms with van der Waals surface area (Å²) in [4.78, 5) is 22.8. The number of benzene rings is 2. The fourth-order valence-corrected chi connectivity index (χ4v) is 2.88. The Labute approximate surface area is 140 Å². The van der Waals surface area contributed by atoms with Gasteiger partial charge in [0.1, 0.15) is 12.4 Å². The number of hydrogen-bond acceptors (Lipinski definition) is 3. The zero-order valence-corrected chi connectivity index (χ0v) is 13.5. The van der Waals surface area contributed by atoms with Crippen molar-refractivity contribution in [1.29, 1.82) is 0 Å². The molecule has 1 heterocycles. The van der Waals surface area contributed by atoms with E-state index in [0.717, 1.165) is 22.3 Å². The standard InChI is InChI=1S/C19H19NO4/c1-12-10-13(3-7-18(21)22)2-5-15(12)14-4-6-17-16(11-14)19(23)20-8-9-24-17/h2,4-6,10-11H,3,7-9H2,1H3,(H,20,23)(H,21,22). The first-order valence-electron chi connectivity index (χ1n) is 7.91. The Morgan fingerprint density at radius 3 is 2.79 bits per heavy atom. The molecular weight excluding hydrogens is 306 g/mol. The summed E-state index contributed by atoms with van der Waals surface area (Å²) in [5, 5.41) is 11.6. The Bertz CT molecular complexity index is 798. The van der Waals surface area contributed by atoms with E-state index in [0.29, 0.717) is 30.9 Å². The van der Waals surface area contributed by atoms with Gasteiger partial charge in [0, 0.05) is 6.42 Å². The minimum Gasteiger partial charge on any atom is -0.491 e. The Morgan fingerprint density at radius 2 is 2.04 bits per heavy atom. The Kier molecular flexibility index (Phi) is 4.51. The maximum absolute atomic E-state index is 12.1. The van der Waals surface area contributed by atoms with Crippen LogP contribution in [-0.4, -0.2) is 30.1 Å². The number of carboxylic acids is 1. The molecule has 0 spiro atoms. The number of carbonyl (C=O) groups excluding carboxylic acids is 1. The molecular formula is C19H19NO4. The van der Waals surface area contributed by atoms with Gasteiger partial charge in [0.05, 0.1) is 12.1 Å². The third-order valence-electron chi connectivity index (χ3n) is 4.10. The van der Waals surface area contributed by atoms with Gasteiger partial charge >= 0.3 is 5.97 Å². The maximum Gasteiger partial charge on any atom is 0.303 e. The van der Waals surface area contributed by atoms with Gasteiger partial charge in [-0.05, 0) is 47.7 Å². The van der Waals surface area contributed by atoms with Crippen molar-refractivity contribution in [2.45, 2.75) is 19.8 Å². The average Bonchev–Trinajstić information content (AvgIpc) is 2.74. The number of aryl methyl sites for hydroxylation is 2. The van der Waals surface area contributed by atoms with Crippen LogP contribution in [0.25, 0.3) is 11.1 Å². The van der Waals surface area contributed by atoms with Crippen molar-refractivity contribution in [3.8, 4) is 16.9 Å². The quantitative estimate of drug-likeness (QED) is 0.906. The summed E-state index contributed by atoms with van der Waals surface area (Å²) in [6.45, 7) is 2.96. The first kappa shape index (κ1) is 16.1. The monoisotopic (exact) mass is 325 g/mol. The normalized spacial score (nSPS) is 13.5. The summed E-state index contributed by atoms with van der Waals surface area (Å²) in [5.74, 6) is -0.321. The fraction of sp³-hybridized carbons (Fsp3) is 0.263. The molecule has 2 N–H and O–H groups in total. The van der Waals surface area contributed by atoms with Gasteiger partial charge in [-0.1, -0.05) is 24.3 Å². The number of carbonyl (C=O) groups is 2. The zero-order chi connectivity index (χ0) is 17.1. The second-order valence-electron chi connectivity index (χ2n) is 5.86. The molecule has 0 aliphatic carbocycles. The largest absolute Gasteiger partial charge is 0.491 e. The third kappa shape index (κ3) is 3.40. The van der Waals surface area contributed by atoms with Crippen molar-refractivity contribution in [3.05, 3.63) is 53.1 Å². The van der Waals surface area contributed by atoms with E-state index in [1.165, 1.54) is 0 Å². The van der Waals surface area contributed by atoms with Crippen LogP contribution in [0.15, 0.2) is 36.4 Å². The highest BCUT2D eigenvalue weighted by Gasteiger charge is 2.17. The molecule has 1 aliphatic heterocycles. The van der Waals surface area contributed by atoms with E-state index < -0.39 is 5.97 Å². The highest BCUT2D eigenvalue weighted by atomic mass is 16.5. The second-order valence-corrected chi connectivity index (χ2v) is 5.86. The molecule has 0 bridgehead atoms. The Balaban J connectivity index is 1.92. The number of ether oxygens (including phenoxy) is 1. The molecule has 0 radical (unpaired) electrons. The Morgan fingerprint density at radius 1 is 1.21 bits per heavy atom. The van der Waals surface area contributed by atoms with Crippen LogP contribution in [0.3, 0.4) is 0 Å². The lowest BCUT2D eigenvalue weighted by Gasteiger charge is -2.11. The maximum atomic E-state index is 12.1. The smallest absolute Gasteiger partial charge is 0.303 e. The van der Waals surface area contributed by atoms with Crippen molar-refractivity contribution in [2.75, 3.05) is 13.2 Å². The number of fused-ring (bicyclic) bond motifs is 1. The lowest BCUT2D eigenvalue weighted by atomic mass is 9.95. The zero-order valence-electron chi connectivity index (χ0n) is 13.5. The molecule has 5 nitrogen and oxygen atoms in total. The van der Waals surface area contributed by atoms with Crippen LogP contribution in [0.2, 0.25) is 0 Å². The predicted octanol–water partition coefficient (Wildman–Crippen LogP) is 2.80. The molecule has 0 atom stereocenters. The molecule has 2 aromatic rings. The minimum absolute atomic E-state index is 0.120. The van der Waals surface area contributed by atoms with E-state index in [9.17, 15) is 9.59 Å². The number of aliphatic carboxylic acids is 1. The summed E-state index contributed by atoms with van der Waals surface area (Å²) < 4.78 is 5.57. The average molecular weight is 325 g/mol. The van der Waals surface area contributed by atoms with Gasteiger partial charge in [-0.25, -0.2) is 0 Å². The molecule has 0 unspecified atom stereocenters. The summed E-state index contributed by atoms with van der Waals surface area (Å²) in [6.07, 6.45) is 0.631. The van der Waals surface area contributed by atoms with Crippen molar-refractivity contribution in [1.82, 2.24) is 5.32 Å². The molecule has 0 fully saturated rings. The fourth-order valence-electron chi connectivity index (χ4n) is 2.88. The summed E-state index contributed by atoms with van der Waals surface area (Å²) in [6, 6.07) is 11.5. The van der Waals surface area contributed by atoms with Crippen LogP contribution in [0.1, 0.15) is 27.9 Å². The summed E-state index contributed by atoms with van der Waals surface area (Å²) in [5.41, 5.74) is 4.55. The van der Waals surface area contributed by atoms with Crippen LogP contribution in [0, 0.1) is 6.92 Å². The van der Waals surface area contributed by atoms with Gasteiger partial charge in [-0.15, -0.1) is 0 Å². The van der Waals surface area contributed by atoms with E-state index in [1.54, 1.807) is 0 Å². The van der Waals surface area contributed by atoms with Gasteiger partial charge in [-0.2, -0.15) is 0 Å². The SMILES string of the molecule is Cc1cc(CCC(=O)O)ccc1-c1ccc2c(c1)C(=O)NCCO2. The lowest BCUT2D eigenvalue weighted by molar-refractivity contribution is -0.136. The molecule has 1 aliphatic rings. The van der Waals surface area contributed by atoms with Crippen molar-refractivity contribution < 1.29 is 19.4 Å². The number of carboxylic acid groups (broad SMARTS) is 1. The van der Waals surface area contributed by atoms with Crippen LogP contribution >= 0.6 is 0 Å². The van der Waals surface area contributed by atoms with Crippen LogP contribution in [0.4, 0.5) is 0 Å². The van der Waals surface area contributed by atoms with E-state index in [4.69, 9.17) is 9.84 Å². The number of rotatable bonds is 4. The van der Waals surface area contributed by atoms with Gasteiger partial charge in [0.15, 0.2) is 0 Å². The van der Waals surface area contributed by atoms with Crippen molar-refractivity contribution in [2.24, 2.45) is 0 Å². The van der Waals surface area contributed by atoms with Crippen LogP contribution < -0.4 is 10.1 Å². The predicted molar refractivity (Wildman–Crippen MR) is 90.4 cm³/mol. The van der Waals surface area contributed by atoms with Gasteiger partial charge in [0.25, 0.3) is 5.91 Å². The number of nitrogens with one attached hydrogen (secondary N) is 1. The lowest BCUT2D eigenvalue weighted by Crippen LogP contribution is -2.24. The molecule has 3 rings (SSSR count). The third-order valence-corrected chi connectivity index (χ3v) is 4.10. The number of amides is 1. The first-order chi connectivity index (χ1) is 11.5. The second kappa shape index (κ2) is 6.74. The van der Waals surface area contributed by atoms with Gasteiger partial charge < -0.3 is 15.2 Å². The van der Waals surface area contributed by atoms with Gasteiger partial charge in [0.2, 0.25) is 0 Å². The molecule has 0 saturated heterocycles. The summed E-state index contributed by atoms with van der Waals surface area (Å²) >= 11 is 0. The van der Waals surface area contributed by atoms with E-state index in [-0.39, 0.29) is 12.3 Å². The van der Waals surface area contributed by atoms with Gasteiger partial charge in [-0.3, -0.25) is 9.59 Å². The highest BCUT2D eigenvalue weighted by Crippen LogP contribution is 2.30. The van der Waals surface area contributed by atoms with E-state index in [1.807, 2.05) is 43.3 Å². The van der Waals surface area contributed by atoms with E-state index in [2.05, 4.69) is 5.32 Å². The van der Waals surface area contributed by atoms with E-state index >= 15 is 0 Å². The topological polar surface area (TPSA) is 75.6 Å². The highest BCUT2D eigenvalue weighted by molar-refractivity contribution is 5.98. The van der Waals surface area contributed by atoms with Crippen molar-refractivity contribution >= 4 is 11.9 Å². The molecule has 24 heavy (non-hydrogen) atoms. The molecule has 0 aromatic heterocycles. The molecule has 1 amide bonds. The molecule has 5 heteroatoms. The van der Waals surface area contributed by atoms with Crippen LogP contribution in [-0.2, 0) is 11.2 Å².